The van der Waals surface area contributed by atoms with Crippen LogP contribution >= 0.6 is 12.8 Å². The second-order valence-corrected chi connectivity index (χ2v) is 1.90. The van der Waals surface area contributed by atoms with Crippen molar-refractivity contribution in [2.75, 3.05) is 13.2 Å². The molecule has 0 saturated carbocycles. The van der Waals surface area contributed by atoms with Gasteiger partial charge in [-0.15, -0.1) is 0 Å². The summed E-state index contributed by atoms with van der Waals surface area (Å²) in [4.78, 5) is 10.6. The van der Waals surface area contributed by atoms with Gasteiger partial charge in [-0.1, -0.05) is 12.8 Å². The van der Waals surface area contributed by atoms with Gasteiger partial charge in [-0.25, -0.2) is 4.79 Å². The number of thiol groups is 1. The first-order chi connectivity index (χ1) is 4.22. The maximum Gasteiger partial charge on any atom is 0.419 e. The average molecular weight is 149 g/mol. The van der Waals surface area contributed by atoms with E-state index in [2.05, 4.69) is 17.6 Å². The molecule has 0 saturated heterocycles. The van der Waals surface area contributed by atoms with Crippen molar-refractivity contribution < 1.29 is 9.53 Å². The van der Waals surface area contributed by atoms with Crippen LogP contribution in [-0.2, 0) is 4.74 Å². The van der Waals surface area contributed by atoms with Gasteiger partial charge in [-0.2, -0.15) is 0 Å². The minimum absolute atomic E-state index is 0.386. The molecule has 0 atom stereocenters. The molecule has 0 aliphatic heterocycles. The number of carbonyl (C=O) groups is 1. The summed E-state index contributed by atoms with van der Waals surface area (Å²) in [6, 6.07) is 0. The van der Waals surface area contributed by atoms with E-state index < -0.39 is 0 Å². The van der Waals surface area contributed by atoms with E-state index in [4.69, 9.17) is 0 Å². The highest BCUT2D eigenvalue weighted by Crippen LogP contribution is 1.95. The SMILES string of the molecule is CCOC(=O)N(S)CC. The molecule has 0 aromatic carbocycles. The van der Waals surface area contributed by atoms with E-state index in [1.54, 1.807) is 6.92 Å². The Hall–Kier alpha value is -0.380. The van der Waals surface area contributed by atoms with Crippen molar-refractivity contribution in [3.63, 3.8) is 0 Å². The number of carbonyl (C=O) groups excluding carboxylic acids is 1. The van der Waals surface area contributed by atoms with Gasteiger partial charge in [0.1, 0.15) is 0 Å². The summed E-state index contributed by atoms with van der Waals surface area (Å²) >= 11 is 3.82. The fourth-order valence-corrected chi connectivity index (χ4v) is 0.385. The second-order valence-electron chi connectivity index (χ2n) is 1.41. The van der Waals surface area contributed by atoms with Crippen LogP contribution in [0.3, 0.4) is 0 Å². The van der Waals surface area contributed by atoms with Gasteiger partial charge in [-0.3, -0.25) is 4.31 Å². The van der Waals surface area contributed by atoms with Gasteiger partial charge in [0, 0.05) is 6.54 Å². The van der Waals surface area contributed by atoms with Crippen LogP contribution in [0.5, 0.6) is 0 Å². The van der Waals surface area contributed by atoms with Crippen LogP contribution in [0.15, 0.2) is 0 Å². The Morgan fingerprint density at radius 3 is 2.56 bits per heavy atom. The van der Waals surface area contributed by atoms with E-state index in [0.717, 1.165) is 0 Å². The third kappa shape index (κ3) is 3.24. The summed E-state index contributed by atoms with van der Waals surface area (Å²) in [6.07, 6.45) is -0.386. The third-order valence-corrected chi connectivity index (χ3v) is 1.22. The molecular formula is C5H11NO2S. The van der Waals surface area contributed by atoms with Crippen LogP contribution in [0.4, 0.5) is 4.79 Å². The number of hydrogen-bond donors (Lipinski definition) is 1. The zero-order valence-corrected chi connectivity index (χ0v) is 6.52. The van der Waals surface area contributed by atoms with Crippen molar-refractivity contribution in [3.8, 4) is 0 Å². The molecule has 3 nitrogen and oxygen atoms in total. The minimum atomic E-state index is -0.386. The topological polar surface area (TPSA) is 29.5 Å². The first-order valence-corrected chi connectivity index (χ1v) is 3.25. The van der Waals surface area contributed by atoms with E-state index in [1.165, 1.54) is 4.31 Å². The molecule has 0 unspecified atom stereocenters. The van der Waals surface area contributed by atoms with E-state index in [-0.39, 0.29) is 6.09 Å². The summed E-state index contributed by atoms with van der Waals surface area (Å²) in [6.45, 7) is 4.54. The van der Waals surface area contributed by atoms with E-state index in [9.17, 15) is 4.79 Å². The number of ether oxygens (including phenoxy) is 1. The fourth-order valence-electron chi connectivity index (χ4n) is 0.327. The van der Waals surface area contributed by atoms with Crippen LogP contribution < -0.4 is 0 Å². The van der Waals surface area contributed by atoms with Gasteiger partial charge in [0.15, 0.2) is 0 Å². The van der Waals surface area contributed by atoms with Crippen molar-refractivity contribution in [1.29, 1.82) is 0 Å². The van der Waals surface area contributed by atoms with Crippen molar-refractivity contribution in [3.05, 3.63) is 0 Å². The first kappa shape index (κ1) is 8.62. The van der Waals surface area contributed by atoms with Crippen LogP contribution in [-0.4, -0.2) is 23.6 Å². The molecule has 0 aromatic rings. The van der Waals surface area contributed by atoms with Crippen molar-refractivity contribution in [2.45, 2.75) is 13.8 Å². The highest BCUT2D eigenvalue weighted by Gasteiger charge is 2.05. The Kier molecular flexibility index (Phi) is 4.30. The Morgan fingerprint density at radius 2 is 2.22 bits per heavy atom. The van der Waals surface area contributed by atoms with Gasteiger partial charge in [0.2, 0.25) is 0 Å². The van der Waals surface area contributed by atoms with Crippen molar-refractivity contribution in [1.82, 2.24) is 4.31 Å². The minimum Gasteiger partial charge on any atom is -0.449 e. The van der Waals surface area contributed by atoms with Crippen molar-refractivity contribution >= 4 is 18.9 Å². The summed E-state index contributed by atoms with van der Waals surface area (Å²) < 4.78 is 5.82. The molecule has 1 amide bonds. The monoisotopic (exact) mass is 149 g/mol. The zero-order valence-electron chi connectivity index (χ0n) is 5.63. The van der Waals surface area contributed by atoms with Crippen LogP contribution in [0, 0.1) is 0 Å². The molecule has 0 heterocycles. The Morgan fingerprint density at radius 1 is 1.67 bits per heavy atom. The largest absolute Gasteiger partial charge is 0.449 e. The highest BCUT2D eigenvalue weighted by atomic mass is 32.1. The summed E-state index contributed by atoms with van der Waals surface area (Å²) in [5.41, 5.74) is 0. The average Bonchev–Trinajstić information content (AvgIpc) is 1.87. The normalized spacial score (nSPS) is 8.78. The summed E-state index contributed by atoms with van der Waals surface area (Å²) in [7, 11) is 0. The lowest BCUT2D eigenvalue weighted by Crippen LogP contribution is -2.21. The van der Waals surface area contributed by atoms with Gasteiger partial charge in [0.05, 0.1) is 6.61 Å². The first-order valence-electron chi connectivity index (χ1n) is 2.85. The molecule has 54 valence electrons. The molecule has 0 rings (SSSR count). The molecule has 0 aromatic heterocycles. The molecule has 0 fully saturated rings. The predicted octanol–water partition coefficient (Wildman–Crippen LogP) is 1.31. The van der Waals surface area contributed by atoms with Gasteiger partial charge >= 0.3 is 6.09 Å². The van der Waals surface area contributed by atoms with Crippen LogP contribution in [0.25, 0.3) is 0 Å². The maximum atomic E-state index is 10.6. The van der Waals surface area contributed by atoms with Gasteiger partial charge < -0.3 is 4.74 Å². The van der Waals surface area contributed by atoms with Crippen LogP contribution in [0.2, 0.25) is 0 Å². The lowest BCUT2D eigenvalue weighted by Gasteiger charge is -2.10. The molecule has 4 heteroatoms. The standard InChI is InChI=1S/C5H11NO2S/c1-3-6(9)5(7)8-4-2/h9H,3-4H2,1-2H3. The molecular weight excluding hydrogens is 138 g/mol. The summed E-state index contributed by atoms with van der Waals surface area (Å²) in [5, 5.41) is 0. The number of amides is 1. The molecule has 0 radical (unpaired) electrons. The smallest absolute Gasteiger partial charge is 0.419 e. The quantitative estimate of drug-likeness (QED) is 0.600. The van der Waals surface area contributed by atoms with E-state index in [0.29, 0.717) is 13.2 Å². The summed E-state index contributed by atoms with van der Waals surface area (Å²) in [5.74, 6) is 0. The predicted molar refractivity (Wildman–Crippen MR) is 38.4 cm³/mol. The molecule has 0 aliphatic carbocycles. The van der Waals surface area contributed by atoms with Crippen LogP contribution in [0.1, 0.15) is 13.8 Å². The number of hydrogen-bond acceptors (Lipinski definition) is 3. The zero-order chi connectivity index (χ0) is 7.28. The number of rotatable bonds is 2. The third-order valence-electron chi connectivity index (χ3n) is 0.778. The Balaban J connectivity index is 3.46. The lowest BCUT2D eigenvalue weighted by molar-refractivity contribution is 0.135. The number of nitrogens with zero attached hydrogens (tertiary/aromatic N) is 1. The molecule has 0 spiro atoms. The highest BCUT2D eigenvalue weighted by molar-refractivity contribution is 7.78. The molecule has 0 aliphatic rings. The molecule has 0 N–H and O–H groups in total. The Labute approximate surface area is 60.5 Å². The molecule has 0 bridgehead atoms. The van der Waals surface area contributed by atoms with Gasteiger partial charge in [0.25, 0.3) is 0 Å². The van der Waals surface area contributed by atoms with Crippen molar-refractivity contribution in [2.24, 2.45) is 0 Å². The lowest BCUT2D eigenvalue weighted by atomic mass is 10.7. The maximum absolute atomic E-state index is 10.6. The second kappa shape index (κ2) is 4.49. The fraction of sp³-hybridized carbons (Fsp3) is 0.800. The molecule has 9 heavy (non-hydrogen) atoms. The van der Waals surface area contributed by atoms with Gasteiger partial charge in [-0.05, 0) is 13.8 Å². The Bertz CT molecular complexity index is 97.0. The van der Waals surface area contributed by atoms with E-state index >= 15 is 0 Å². The van der Waals surface area contributed by atoms with E-state index in [1.807, 2.05) is 6.92 Å².